The molecule has 0 bridgehead atoms. The first kappa shape index (κ1) is 11.1. The molecule has 2 aromatic rings. The average molecular weight is 233 g/mol. The number of carbonyl (C=O) groups is 1. The number of allylic oxidation sites excluding steroid dienone is 1. The lowest BCUT2D eigenvalue weighted by Crippen LogP contribution is -2.04. The van der Waals surface area contributed by atoms with Gasteiger partial charge in [0.05, 0.1) is 15.9 Å². The van der Waals surface area contributed by atoms with Crippen LogP contribution in [0.5, 0.6) is 0 Å². The summed E-state index contributed by atoms with van der Waals surface area (Å²) in [6.07, 6.45) is 0. The van der Waals surface area contributed by atoms with Crippen LogP contribution in [0.3, 0.4) is 0 Å². The van der Waals surface area contributed by atoms with Gasteiger partial charge in [0.25, 0.3) is 0 Å². The van der Waals surface area contributed by atoms with Gasteiger partial charge in [0, 0.05) is 24.4 Å². The lowest BCUT2D eigenvalue weighted by Gasteiger charge is -2.03. The Balaban J connectivity index is 2.94. The van der Waals surface area contributed by atoms with Crippen molar-refractivity contribution in [1.29, 1.82) is 0 Å². The van der Waals surface area contributed by atoms with Gasteiger partial charge < -0.3 is 4.57 Å². The number of aryl methyl sites for hydroxylation is 2. The number of aromatic nitrogens is 1. The second kappa shape index (κ2) is 3.59. The van der Waals surface area contributed by atoms with Crippen molar-refractivity contribution in [1.82, 2.24) is 4.57 Å². The van der Waals surface area contributed by atoms with E-state index in [4.69, 9.17) is 0 Å². The van der Waals surface area contributed by atoms with Crippen LogP contribution in [0.1, 0.15) is 34.8 Å². The van der Waals surface area contributed by atoms with Gasteiger partial charge in [0.2, 0.25) is 0 Å². The van der Waals surface area contributed by atoms with Crippen LogP contribution >= 0.6 is 11.3 Å². The molecule has 0 aliphatic heterocycles. The molecule has 84 valence electrons. The third-order valence-corrected chi connectivity index (χ3v) is 3.81. The van der Waals surface area contributed by atoms with Crippen LogP contribution in [0.15, 0.2) is 12.6 Å². The predicted octanol–water partition coefficient (Wildman–Crippen LogP) is 3.78. The number of fused-ring (bicyclic) bond motifs is 1. The summed E-state index contributed by atoms with van der Waals surface area (Å²) in [6.45, 7) is 9.63. The SMILES string of the molecule is C=C(C)c1c(C(C)=O)n(C)c2cc(C)sc12. The maximum absolute atomic E-state index is 11.7. The van der Waals surface area contributed by atoms with E-state index in [1.54, 1.807) is 18.3 Å². The van der Waals surface area contributed by atoms with E-state index in [1.807, 2.05) is 18.5 Å². The van der Waals surface area contributed by atoms with Crippen molar-refractivity contribution in [2.24, 2.45) is 7.05 Å². The van der Waals surface area contributed by atoms with Crippen LogP contribution in [-0.4, -0.2) is 10.4 Å². The molecule has 0 amide bonds. The summed E-state index contributed by atoms with van der Waals surface area (Å²) in [5.41, 5.74) is 3.88. The van der Waals surface area contributed by atoms with Gasteiger partial charge in [0.1, 0.15) is 0 Å². The maximum atomic E-state index is 11.7. The van der Waals surface area contributed by atoms with E-state index in [0.717, 1.165) is 22.3 Å². The topological polar surface area (TPSA) is 22.0 Å². The Morgan fingerprint density at radius 1 is 1.44 bits per heavy atom. The number of hydrogen-bond acceptors (Lipinski definition) is 2. The number of carbonyl (C=O) groups excluding carboxylic acids is 1. The smallest absolute Gasteiger partial charge is 0.176 e. The summed E-state index contributed by atoms with van der Waals surface area (Å²) in [4.78, 5) is 12.9. The van der Waals surface area contributed by atoms with Gasteiger partial charge >= 0.3 is 0 Å². The van der Waals surface area contributed by atoms with Gasteiger partial charge in [-0.25, -0.2) is 0 Å². The molecule has 2 aromatic heterocycles. The van der Waals surface area contributed by atoms with Crippen molar-refractivity contribution < 1.29 is 4.79 Å². The van der Waals surface area contributed by atoms with Crippen molar-refractivity contribution in [2.75, 3.05) is 0 Å². The lowest BCUT2D eigenvalue weighted by molar-refractivity contribution is 0.101. The van der Waals surface area contributed by atoms with Crippen LogP contribution in [0.4, 0.5) is 0 Å². The highest BCUT2D eigenvalue weighted by molar-refractivity contribution is 7.19. The molecular weight excluding hydrogens is 218 g/mol. The zero-order chi connectivity index (χ0) is 12.0. The van der Waals surface area contributed by atoms with E-state index in [1.165, 1.54) is 9.58 Å². The Hall–Kier alpha value is -1.35. The summed E-state index contributed by atoms with van der Waals surface area (Å²) >= 11 is 1.73. The molecule has 0 saturated heterocycles. The van der Waals surface area contributed by atoms with Crippen molar-refractivity contribution in [3.8, 4) is 0 Å². The molecule has 2 heterocycles. The first-order valence-corrected chi connectivity index (χ1v) is 6.00. The molecule has 3 heteroatoms. The van der Waals surface area contributed by atoms with E-state index in [-0.39, 0.29) is 5.78 Å². The Kier molecular flexibility index (Phi) is 2.50. The quantitative estimate of drug-likeness (QED) is 0.723. The molecule has 2 nitrogen and oxygen atoms in total. The van der Waals surface area contributed by atoms with E-state index < -0.39 is 0 Å². The Bertz CT molecular complexity index is 601. The summed E-state index contributed by atoms with van der Waals surface area (Å²) in [5.74, 6) is 0.0987. The van der Waals surface area contributed by atoms with Gasteiger partial charge in [-0.1, -0.05) is 6.58 Å². The summed E-state index contributed by atoms with van der Waals surface area (Å²) in [7, 11) is 1.94. The third kappa shape index (κ3) is 1.43. The minimum Gasteiger partial charge on any atom is -0.340 e. The van der Waals surface area contributed by atoms with Gasteiger partial charge in [-0.05, 0) is 25.5 Å². The van der Waals surface area contributed by atoms with Crippen molar-refractivity contribution in [3.05, 3.63) is 28.8 Å². The zero-order valence-corrected chi connectivity index (χ0v) is 10.9. The van der Waals surface area contributed by atoms with E-state index >= 15 is 0 Å². The minimum atomic E-state index is 0.0987. The summed E-state index contributed by atoms with van der Waals surface area (Å²) < 4.78 is 3.16. The zero-order valence-electron chi connectivity index (χ0n) is 10.0. The van der Waals surface area contributed by atoms with Crippen LogP contribution in [0, 0.1) is 6.92 Å². The molecule has 0 aromatic carbocycles. The van der Waals surface area contributed by atoms with E-state index in [2.05, 4.69) is 19.6 Å². The fourth-order valence-electron chi connectivity index (χ4n) is 2.13. The Morgan fingerprint density at radius 3 is 2.56 bits per heavy atom. The van der Waals surface area contributed by atoms with E-state index in [0.29, 0.717) is 0 Å². The van der Waals surface area contributed by atoms with Gasteiger partial charge in [-0.15, -0.1) is 11.3 Å². The number of ketones is 1. The maximum Gasteiger partial charge on any atom is 0.176 e. The van der Waals surface area contributed by atoms with Gasteiger partial charge in [-0.3, -0.25) is 4.79 Å². The molecular formula is C13H15NOS. The molecule has 0 aliphatic rings. The number of rotatable bonds is 2. The Labute approximate surface area is 99.2 Å². The molecule has 0 spiro atoms. The van der Waals surface area contributed by atoms with Crippen LogP contribution in [0.25, 0.3) is 15.8 Å². The van der Waals surface area contributed by atoms with Crippen molar-refractivity contribution >= 4 is 32.9 Å². The monoisotopic (exact) mass is 233 g/mol. The average Bonchev–Trinajstić information content (AvgIpc) is 2.63. The molecule has 0 unspecified atom stereocenters. The standard InChI is InChI=1S/C13H15NOS/c1-7(2)11-12(9(4)15)14(5)10-6-8(3)16-13(10)11/h6H,1H2,2-5H3. The van der Waals surface area contributed by atoms with E-state index in [9.17, 15) is 4.79 Å². The number of hydrogen-bond donors (Lipinski definition) is 0. The first-order chi connectivity index (χ1) is 7.43. The van der Waals surface area contributed by atoms with Crippen LogP contribution < -0.4 is 0 Å². The molecule has 2 rings (SSSR count). The lowest BCUT2D eigenvalue weighted by atomic mass is 10.1. The van der Waals surface area contributed by atoms with Crippen LogP contribution in [-0.2, 0) is 7.05 Å². The van der Waals surface area contributed by atoms with Crippen LogP contribution in [0.2, 0.25) is 0 Å². The Morgan fingerprint density at radius 2 is 2.06 bits per heavy atom. The number of Topliss-reactive ketones (excluding diaryl/α,β-unsaturated/α-hetero) is 1. The molecule has 0 saturated carbocycles. The van der Waals surface area contributed by atoms with Gasteiger partial charge in [-0.2, -0.15) is 0 Å². The first-order valence-electron chi connectivity index (χ1n) is 5.19. The normalized spacial score (nSPS) is 11.0. The summed E-state index contributed by atoms with van der Waals surface area (Å²) in [5, 5.41) is 0. The molecule has 0 atom stereocenters. The largest absolute Gasteiger partial charge is 0.340 e. The minimum absolute atomic E-state index is 0.0987. The second-order valence-corrected chi connectivity index (χ2v) is 5.45. The number of thiophene rings is 1. The highest BCUT2D eigenvalue weighted by Crippen LogP contribution is 2.36. The summed E-state index contributed by atoms with van der Waals surface area (Å²) in [6, 6.07) is 2.12. The fraction of sp³-hybridized carbons (Fsp3) is 0.308. The highest BCUT2D eigenvalue weighted by Gasteiger charge is 2.20. The second-order valence-electron chi connectivity index (χ2n) is 4.19. The molecule has 0 radical (unpaired) electrons. The molecule has 16 heavy (non-hydrogen) atoms. The highest BCUT2D eigenvalue weighted by atomic mass is 32.1. The van der Waals surface area contributed by atoms with Crippen molar-refractivity contribution in [2.45, 2.75) is 20.8 Å². The molecule has 0 aliphatic carbocycles. The fourth-order valence-corrected chi connectivity index (χ4v) is 3.30. The predicted molar refractivity (Wildman–Crippen MR) is 70.2 cm³/mol. The number of nitrogens with zero attached hydrogens (tertiary/aromatic N) is 1. The van der Waals surface area contributed by atoms with Gasteiger partial charge in [0.15, 0.2) is 5.78 Å². The van der Waals surface area contributed by atoms with Crippen molar-refractivity contribution in [3.63, 3.8) is 0 Å². The molecule has 0 fully saturated rings. The molecule has 0 N–H and O–H groups in total. The third-order valence-electron chi connectivity index (χ3n) is 2.76.